The zero-order valence-electron chi connectivity index (χ0n) is 10.4. The number of nitro groups is 1. The smallest absolute Gasteiger partial charge is 0.295 e. The van der Waals surface area contributed by atoms with E-state index >= 15 is 0 Å². The molecule has 0 amide bonds. The minimum Gasteiger partial charge on any atom is -0.379 e. The molecule has 0 aliphatic rings. The van der Waals surface area contributed by atoms with Crippen molar-refractivity contribution in [3.63, 3.8) is 0 Å². The molecule has 1 aromatic heterocycles. The SMILES string of the molecule is Cc1noc(CCNc2cc(Br)c(F)cc2[N+](=O)[O-])n1. The Hall–Kier alpha value is -2.03. The van der Waals surface area contributed by atoms with Crippen LogP contribution in [-0.2, 0) is 6.42 Å². The molecule has 1 N–H and O–H groups in total. The average Bonchev–Trinajstić information content (AvgIpc) is 2.79. The van der Waals surface area contributed by atoms with Crippen molar-refractivity contribution < 1.29 is 13.8 Å². The molecule has 0 radical (unpaired) electrons. The van der Waals surface area contributed by atoms with Gasteiger partial charge in [0.2, 0.25) is 5.89 Å². The summed E-state index contributed by atoms with van der Waals surface area (Å²) >= 11 is 2.99. The minimum atomic E-state index is -0.685. The second-order valence-corrected chi connectivity index (χ2v) is 4.81. The fourth-order valence-electron chi connectivity index (χ4n) is 1.57. The molecule has 2 rings (SSSR count). The lowest BCUT2D eigenvalue weighted by Crippen LogP contribution is -2.07. The highest BCUT2D eigenvalue weighted by Gasteiger charge is 2.17. The quantitative estimate of drug-likeness (QED) is 0.661. The molecule has 20 heavy (non-hydrogen) atoms. The number of nitro benzene ring substituents is 1. The standard InChI is InChI=1S/C11H10BrFN4O3/c1-6-15-11(20-16-6)2-3-14-9-4-7(12)8(13)5-10(9)17(18)19/h4-5,14H,2-3H2,1H3. The van der Waals surface area contributed by atoms with Crippen LogP contribution >= 0.6 is 15.9 Å². The van der Waals surface area contributed by atoms with Crippen LogP contribution < -0.4 is 5.32 Å². The number of nitrogens with zero attached hydrogens (tertiary/aromatic N) is 3. The van der Waals surface area contributed by atoms with Crippen molar-refractivity contribution in [2.75, 3.05) is 11.9 Å². The summed E-state index contributed by atoms with van der Waals surface area (Å²) in [6.07, 6.45) is 0.410. The van der Waals surface area contributed by atoms with Crippen molar-refractivity contribution in [2.45, 2.75) is 13.3 Å². The predicted octanol–water partition coefficient (Wildman–Crippen LogP) is 2.84. The molecule has 0 aliphatic carbocycles. The fourth-order valence-corrected chi connectivity index (χ4v) is 1.92. The van der Waals surface area contributed by atoms with Gasteiger partial charge < -0.3 is 9.84 Å². The highest BCUT2D eigenvalue weighted by Crippen LogP contribution is 2.30. The molecular formula is C11H10BrFN4O3. The Morgan fingerprint density at radius 3 is 2.90 bits per heavy atom. The van der Waals surface area contributed by atoms with E-state index in [2.05, 4.69) is 31.4 Å². The first-order valence-corrected chi connectivity index (χ1v) is 6.43. The summed E-state index contributed by atoms with van der Waals surface area (Å²) in [6, 6.07) is 2.19. The molecule has 7 nitrogen and oxygen atoms in total. The van der Waals surface area contributed by atoms with E-state index in [1.165, 1.54) is 6.07 Å². The Balaban J connectivity index is 2.08. The van der Waals surface area contributed by atoms with Gasteiger partial charge in [-0.2, -0.15) is 4.98 Å². The van der Waals surface area contributed by atoms with E-state index in [-0.39, 0.29) is 15.8 Å². The molecule has 0 unspecified atom stereocenters. The summed E-state index contributed by atoms with van der Waals surface area (Å²) in [4.78, 5) is 14.2. The second kappa shape index (κ2) is 5.95. The third-order valence-electron chi connectivity index (χ3n) is 2.46. The lowest BCUT2D eigenvalue weighted by atomic mass is 10.2. The maximum absolute atomic E-state index is 13.3. The normalized spacial score (nSPS) is 10.6. The van der Waals surface area contributed by atoms with Gasteiger partial charge in [0.15, 0.2) is 5.82 Å². The lowest BCUT2D eigenvalue weighted by Gasteiger charge is -2.06. The van der Waals surface area contributed by atoms with Gasteiger partial charge in [0.25, 0.3) is 5.69 Å². The summed E-state index contributed by atoms with van der Waals surface area (Å²) in [5.74, 6) is 0.268. The van der Waals surface area contributed by atoms with Crippen molar-refractivity contribution >= 4 is 27.3 Å². The first-order valence-electron chi connectivity index (χ1n) is 5.64. The van der Waals surface area contributed by atoms with E-state index < -0.39 is 10.7 Å². The number of nitrogens with one attached hydrogen (secondary N) is 1. The molecule has 0 bridgehead atoms. The van der Waals surface area contributed by atoms with Crippen molar-refractivity contribution in [3.05, 3.63) is 44.3 Å². The zero-order chi connectivity index (χ0) is 14.7. The summed E-state index contributed by atoms with van der Waals surface area (Å²) < 4.78 is 18.4. The average molecular weight is 345 g/mol. The van der Waals surface area contributed by atoms with Crippen LogP contribution in [0.1, 0.15) is 11.7 Å². The number of aryl methyl sites for hydroxylation is 1. The predicted molar refractivity (Wildman–Crippen MR) is 72.0 cm³/mol. The Bertz CT molecular complexity index is 647. The van der Waals surface area contributed by atoms with E-state index in [0.29, 0.717) is 24.7 Å². The van der Waals surface area contributed by atoms with E-state index in [1.54, 1.807) is 6.92 Å². The van der Waals surface area contributed by atoms with Crippen LogP contribution in [0.15, 0.2) is 21.1 Å². The number of anilines is 1. The van der Waals surface area contributed by atoms with Crippen molar-refractivity contribution in [1.82, 2.24) is 10.1 Å². The van der Waals surface area contributed by atoms with E-state index in [9.17, 15) is 14.5 Å². The number of aromatic nitrogens is 2. The van der Waals surface area contributed by atoms with E-state index in [0.717, 1.165) is 6.07 Å². The van der Waals surface area contributed by atoms with Crippen LogP contribution in [0.25, 0.3) is 0 Å². The van der Waals surface area contributed by atoms with Crippen molar-refractivity contribution in [1.29, 1.82) is 0 Å². The van der Waals surface area contributed by atoms with Gasteiger partial charge in [0.1, 0.15) is 11.5 Å². The van der Waals surface area contributed by atoms with Crippen LogP contribution in [0.2, 0.25) is 0 Å². The number of rotatable bonds is 5. The maximum Gasteiger partial charge on any atom is 0.295 e. The number of halogens is 2. The van der Waals surface area contributed by atoms with Gasteiger partial charge in [0, 0.05) is 13.0 Å². The van der Waals surface area contributed by atoms with Crippen LogP contribution in [0.3, 0.4) is 0 Å². The highest BCUT2D eigenvalue weighted by molar-refractivity contribution is 9.10. The Morgan fingerprint density at radius 1 is 1.55 bits per heavy atom. The van der Waals surface area contributed by atoms with Gasteiger partial charge in [-0.25, -0.2) is 4.39 Å². The molecule has 1 heterocycles. The second-order valence-electron chi connectivity index (χ2n) is 3.95. The lowest BCUT2D eigenvalue weighted by molar-refractivity contribution is -0.384. The number of hydrogen-bond donors (Lipinski definition) is 1. The molecular weight excluding hydrogens is 335 g/mol. The third kappa shape index (κ3) is 3.29. The molecule has 0 spiro atoms. The highest BCUT2D eigenvalue weighted by atomic mass is 79.9. The summed E-state index contributed by atoms with van der Waals surface area (Å²) in [6.45, 7) is 2.04. The third-order valence-corrected chi connectivity index (χ3v) is 3.07. The molecule has 0 fully saturated rings. The Labute approximate surface area is 121 Å². The van der Waals surface area contributed by atoms with Crippen molar-refractivity contribution in [2.24, 2.45) is 0 Å². The molecule has 0 saturated heterocycles. The molecule has 0 aliphatic heterocycles. The van der Waals surface area contributed by atoms with Crippen LogP contribution in [-0.4, -0.2) is 21.6 Å². The summed E-state index contributed by atoms with van der Waals surface area (Å²) in [5, 5.41) is 17.4. The molecule has 2 aromatic rings. The molecule has 0 atom stereocenters. The molecule has 0 saturated carbocycles. The first kappa shape index (κ1) is 14.4. The number of benzene rings is 1. The first-order chi connectivity index (χ1) is 9.47. The van der Waals surface area contributed by atoms with Crippen molar-refractivity contribution in [3.8, 4) is 0 Å². The van der Waals surface area contributed by atoms with Crippen LogP contribution in [0, 0.1) is 22.9 Å². The van der Waals surface area contributed by atoms with Crippen LogP contribution in [0.5, 0.6) is 0 Å². The van der Waals surface area contributed by atoms with Gasteiger partial charge in [-0.1, -0.05) is 5.16 Å². The monoisotopic (exact) mass is 344 g/mol. The van der Waals surface area contributed by atoms with Crippen LogP contribution in [0.4, 0.5) is 15.8 Å². The fraction of sp³-hybridized carbons (Fsp3) is 0.273. The largest absolute Gasteiger partial charge is 0.379 e. The molecule has 9 heteroatoms. The maximum atomic E-state index is 13.3. The minimum absolute atomic E-state index is 0.152. The van der Waals surface area contributed by atoms with Gasteiger partial charge in [-0.15, -0.1) is 0 Å². The molecule has 1 aromatic carbocycles. The summed E-state index contributed by atoms with van der Waals surface area (Å²) in [7, 11) is 0. The van der Waals surface area contributed by atoms with Gasteiger partial charge in [-0.05, 0) is 28.9 Å². The van der Waals surface area contributed by atoms with E-state index in [1.807, 2.05) is 0 Å². The molecule has 106 valence electrons. The Kier molecular flexibility index (Phi) is 4.28. The summed E-state index contributed by atoms with van der Waals surface area (Å²) in [5.41, 5.74) is -0.105. The Morgan fingerprint density at radius 2 is 2.30 bits per heavy atom. The topological polar surface area (TPSA) is 94.1 Å². The van der Waals surface area contributed by atoms with Gasteiger partial charge >= 0.3 is 0 Å². The number of hydrogen-bond acceptors (Lipinski definition) is 6. The zero-order valence-corrected chi connectivity index (χ0v) is 12.0. The van der Waals surface area contributed by atoms with E-state index in [4.69, 9.17) is 4.52 Å². The van der Waals surface area contributed by atoms with Gasteiger partial charge in [-0.3, -0.25) is 10.1 Å². The van der Waals surface area contributed by atoms with Gasteiger partial charge in [0.05, 0.1) is 15.5 Å².